The van der Waals surface area contributed by atoms with Gasteiger partial charge >= 0.3 is 6.03 Å². The lowest BCUT2D eigenvalue weighted by atomic mass is 10.3. The van der Waals surface area contributed by atoms with Crippen LogP contribution < -0.4 is 15.4 Å². The number of hydrogen-bond donors (Lipinski definition) is 2. The number of hydrogen-bond acceptors (Lipinski definition) is 3. The summed E-state index contributed by atoms with van der Waals surface area (Å²) in [4.78, 5) is 11.4. The number of carbonyl (C=O) groups excluding carboxylic acids is 1. The van der Waals surface area contributed by atoms with Crippen molar-refractivity contribution in [2.45, 2.75) is 13.0 Å². The second-order valence-corrected chi connectivity index (χ2v) is 4.18. The van der Waals surface area contributed by atoms with Crippen LogP contribution in [0.2, 0.25) is 0 Å². The van der Waals surface area contributed by atoms with Crippen LogP contribution in [0.1, 0.15) is 6.92 Å². The van der Waals surface area contributed by atoms with Crippen molar-refractivity contribution in [1.82, 2.24) is 10.6 Å². The molecule has 0 aromatic heterocycles. The summed E-state index contributed by atoms with van der Waals surface area (Å²) in [6.45, 7) is 2.58. The average Bonchev–Trinajstić information content (AvgIpc) is 2.38. The first-order chi connectivity index (χ1) is 9.52. The van der Waals surface area contributed by atoms with Crippen LogP contribution in [-0.4, -0.2) is 38.9 Å². The van der Waals surface area contributed by atoms with E-state index in [1.807, 2.05) is 0 Å². The number of amides is 2. The number of nitrogens with one attached hydrogen (secondary N) is 2. The molecule has 0 fully saturated rings. The Hall–Kier alpha value is -1.89. The normalized spacial score (nSPS) is 11.8. The second-order valence-electron chi connectivity index (χ2n) is 4.18. The number of rotatable bonds is 7. The van der Waals surface area contributed by atoms with Gasteiger partial charge in [-0.25, -0.2) is 13.6 Å². The third-order valence-electron chi connectivity index (χ3n) is 2.35. The van der Waals surface area contributed by atoms with Crippen LogP contribution in [0.4, 0.5) is 13.6 Å². The molecule has 5 nitrogen and oxygen atoms in total. The summed E-state index contributed by atoms with van der Waals surface area (Å²) in [5.41, 5.74) is 0. The Morgan fingerprint density at radius 3 is 2.80 bits per heavy atom. The van der Waals surface area contributed by atoms with Gasteiger partial charge in [-0.15, -0.1) is 0 Å². The van der Waals surface area contributed by atoms with Gasteiger partial charge in [-0.3, -0.25) is 0 Å². The van der Waals surface area contributed by atoms with E-state index in [-0.39, 0.29) is 24.4 Å². The molecule has 0 bridgehead atoms. The fraction of sp³-hybridized carbons (Fsp3) is 0.462. The van der Waals surface area contributed by atoms with E-state index >= 15 is 0 Å². The van der Waals surface area contributed by atoms with E-state index in [1.165, 1.54) is 13.2 Å². The van der Waals surface area contributed by atoms with E-state index < -0.39 is 11.6 Å². The van der Waals surface area contributed by atoms with Crippen molar-refractivity contribution in [2.75, 3.05) is 26.9 Å². The predicted molar refractivity (Wildman–Crippen MR) is 69.7 cm³/mol. The van der Waals surface area contributed by atoms with E-state index in [4.69, 9.17) is 9.47 Å². The number of urea groups is 1. The van der Waals surface area contributed by atoms with Gasteiger partial charge in [0.05, 0.1) is 12.6 Å². The molecule has 1 unspecified atom stereocenters. The fourth-order valence-electron chi connectivity index (χ4n) is 1.39. The molecule has 2 amide bonds. The highest BCUT2D eigenvalue weighted by Crippen LogP contribution is 2.17. The maximum atomic E-state index is 13.3. The molecule has 0 heterocycles. The molecular weight excluding hydrogens is 270 g/mol. The highest BCUT2D eigenvalue weighted by molar-refractivity contribution is 5.74. The number of benzene rings is 1. The van der Waals surface area contributed by atoms with Crippen molar-refractivity contribution in [3.05, 3.63) is 29.8 Å². The van der Waals surface area contributed by atoms with Gasteiger partial charge in [0.25, 0.3) is 0 Å². The Labute approximate surface area is 116 Å². The highest BCUT2D eigenvalue weighted by atomic mass is 19.1. The molecule has 2 N–H and O–H groups in total. The first-order valence-corrected chi connectivity index (χ1v) is 6.14. The van der Waals surface area contributed by atoms with Crippen LogP contribution in [0.25, 0.3) is 0 Å². The van der Waals surface area contributed by atoms with E-state index in [0.29, 0.717) is 13.2 Å². The van der Waals surface area contributed by atoms with Gasteiger partial charge < -0.3 is 20.1 Å². The van der Waals surface area contributed by atoms with Gasteiger partial charge in [0, 0.05) is 19.7 Å². The van der Waals surface area contributed by atoms with Crippen LogP contribution >= 0.6 is 0 Å². The number of halogens is 2. The summed E-state index contributed by atoms with van der Waals surface area (Å²) in [5, 5.41) is 5.19. The van der Waals surface area contributed by atoms with Crippen molar-refractivity contribution in [2.24, 2.45) is 0 Å². The third kappa shape index (κ3) is 5.83. The summed E-state index contributed by atoms with van der Waals surface area (Å²) < 4.78 is 35.9. The standard InChI is InChI=1S/C13H18F2N2O3/c1-9(17-13(18)16-5-6-19-2)8-20-12-4-3-10(14)7-11(12)15/h3-4,7,9H,5-6,8H2,1-2H3,(H2,16,17,18). The summed E-state index contributed by atoms with van der Waals surface area (Å²) in [6, 6.07) is 2.36. The van der Waals surface area contributed by atoms with Crippen molar-refractivity contribution >= 4 is 6.03 Å². The molecular formula is C13H18F2N2O3. The maximum absolute atomic E-state index is 13.3. The first-order valence-electron chi connectivity index (χ1n) is 6.14. The zero-order chi connectivity index (χ0) is 15.0. The predicted octanol–water partition coefficient (Wildman–Crippen LogP) is 1.68. The summed E-state index contributed by atoms with van der Waals surface area (Å²) in [6.07, 6.45) is 0. The van der Waals surface area contributed by atoms with Gasteiger partial charge in [0.1, 0.15) is 12.4 Å². The van der Waals surface area contributed by atoms with E-state index in [0.717, 1.165) is 12.1 Å². The van der Waals surface area contributed by atoms with Gasteiger partial charge in [0.2, 0.25) is 0 Å². The molecule has 0 spiro atoms. The lowest BCUT2D eigenvalue weighted by Crippen LogP contribution is -2.44. The molecule has 112 valence electrons. The van der Waals surface area contributed by atoms with Crippen LogP contribution in [0.15, 0.2) is 18.2 Å². The molecule has 1 aromatic carbocycles. The molecule has 0 saturated carbocycles. The molecule has 0 aliphatic carbocycles. The second kappa shape index (κ2) is 8.31. The number of ether oxygens (including phenoxy) is 2. The van der Waals surface area contributed by atoms with Gasteiger partial charge in [0.15, 0.2) is 11.6 Å². The van der Waals surface area contributed by atoms with Gasteiger partial charge in [-0.1, -0.05) is 0 Å². The first kappa shape index (κ1) is 16.2. The molecule has 1 atom stereocenters. The zero-order valence-corrected chi connectivity index (χ0v) is 11.4. The summed E-state index contributed by atoms with van der Waals surface area (Å²) in [7, 11) is 1.54. The van der Waals surface area contributed by atoms with Crippen molar-refractivity contribution < 1.29 is 23.0 Å². The molecule has 20 heavy (non-hydrogen) atoms. The molecule has 0 aliphatic rings. The smallest absolute Gasteiger partial charge is 0.315 e. The third-order valence-corrected chi connectivity index (χ3v) is 2.35. The van der Waals surface area contributed by atoms with E-state index in [2.05, 4.69) is 10.6 Å². The topological polar surface area (TPSA) is 59.6 Å². The monoisotopic (exact) mass is 288 g/mol. The van der Waals surface area contributed by atoms with E-state index in [9.17, 15) is 13.6 Å². The molecule has 1 rings (SSSR count). The molecule has 0 radical (unpaired) electrons. The van der Waals surface area contributed by atoms with Crippen LogP contribution in [0.5, 0.6) is 5.75 Å². The Balaban J connectivity index is 2.32. The molecule has 0 saturated heterocycles. The largest absolute Gasteiger partial charge is 0.488 e. The number of carbonyl (C=O) groups is 1. The minimum absolute atomic E-state index is 0.0557. The van der Waals surface area contributed by atoms with Crippen molar-refractivity contribution in [3.63, 3.8) is 0 Å². The van der Waals surface area contributed by atoms with E-state index in [1.54, 1.807) is 6.92 Å². The van der Waals surface area contributed by atoms with Crippen molar-refractivity contribution in [1.29, 1.82) is 0 Å². The maximum Gasteiger partial charge on any atom is 0.315 e. The summed E-state index contributed by atoms with van der Waals surface area (Å²) in [5.74, 6) is -1.50. The van der Waals surface area contributed by atoms with Crippen molar-refractivity contribution in [3.8, 4) is 5.75 Å². The quantitative estimate of drug-likeness (QED) is 0.750. The summed E-state index contributed by atoms with van der Waals surface area (Å²) >= 11 is 0. The fourth-order valence-corrected chi connectivity index (χ4v) is 1.39. The lowest BCUT2D eigenvalue weighted by Gasteiger charge is -2.15. The zero-order valence-electron chi connectivity index (χ0n) is 11.4. The average molecular weight is 288 g/mol. The Morgan fingerprint density at radius 2 is 2.15 bits per heavy atom. The minimum atomic E-state index is -0.776. The Morgan fingerprint density at radius 1 is 1.40 bits per heavy atom. The lowest BCUT2D eigenvalue weighted by molar-refractivity contribution is 0.193. The molecule has 7 heteroatoms. The minimum Gasteiger partial charge on any atom is -0.488 e. The van der Waals surface area contributed by atoms with Gasteiger partial charge in [-0.2, -0.15) is 0 Å². The highest BCUT2D eigenvalue weighted by Gasteiger charge is 2.10. The van der Waals surface area contributed by atoms with Crippen LogP contribution in [0.3, 0.4) is 0 Å². The number of methoxy groups -OCH3 is 1. The van der Waals surface area contributed by atoms with Crippen LogP contribution in [-0.2, 0) is 4.74 Å². The SMILES string of the molecule is COCCNC(=O)NC(C)COc1ccc(F)cc1F. The molecule has 0 aliphatic heterocycles. The Kier molecular flexibility index (Phi) is 6.72. The van der Waals surface area contributed by atoms with Crippen LogP contribution in [0, 0.1) is 11.6 Å². The Bertz CT molecular complexity index is 444. The molecule has 1 aromatic rings. The van der Waals surface area contributed by atoms with Gasteiger partial charge in [-0.05, 0) is 19.1 Å².